The molecule has 20 heavy (non-hydrogen) atoms. The zero-order valence-electron chi connectivity index (χ0n) is 11.2. The van der Waals surface area contributed by atoms with Crippen molar-refractivity contribution in [2.75, 3.05) is 46.0 Å². The van der Waals surface area contributed by atoms with Crippen LogP contribution >= 0.6 is 0 Å². The summed E-state index contributed by atoms with van der Waals surface area (Å²) in [4.78, 5) is 2.27. The molecular formula is C11H20N4O4S. The Morgan fingerprint density at radius 1 is 1.35 bits per heavy atom. The summed E-state index contributed by atoms with van der Waals surface area (Å²) < 4.78 is 33.2. The number of morpholine rings is 1. The van der Waals surface area contributed by atoms with Crippen LogP contribution in [0.2, 0.25) is 0 Å². The van der Waals surface area contributed by atoms with Gasteiger partial charge < -0.3 is 9.84 Å². The highest BCUT2D eigenvalue weighted by Crippen LogP contribution is 2.06. The van der Waals surface area contributed by atoms with E-state index in [1.54, 1.807) is 0 Å². The first-order valence-electron chi connectivity index (χ1n) is 6.55. The number of rotatable bonds is 7. The molecule has 2 rings (SSSR count). The smallest absolute Gasteiger partial charge is 0.243 e. The molecule has 1 aliphatic heterocycles. The van der Waals surface area contributed by atoms with Crippen LogP contribution in [0.5, 0.6) is 0 Å². The minimum absolute atomic E-state index is 0.0778. The fraction of sp³-hybridized carbons (Fsp3) is 0.727. The van der Waals surface area contributed by atoms with Gasteiger partial charge in [0.05, 0.1) is 32.6 Å². The summed E-state index contributed by atoms with van der Waals surface area (Å²) in [7, 11) is -3.53. The summed E-state index contributed by atoms with van der Waals surface area (Å²) in [6.45, 7) is 4.27. The number of nitrogens with one attached hydrogen (secondary N) is 1. The number of aliphatic hydroxyl groups excluding tert-OH is 1. The van der Waals surface area contributed by atoms with E-state index in [0.29, 0.717) is 26.3 Å². The van der Waals surface area contributed by atoms with Crippen molar-refractivity contribution in [3.05, 3.63) is 12.4 Å². The van der Waals surface area contributed by atoms with Crippen molar-refractivity contribution in [3.8, 4) is 0 Å². The molecule has 0 aliphatic carbocycles. The molecular weight excluding hydrogens is 284 g/mol. The molecule has 0 saturated carbocycles. The molecule has 0 atom stereocenters. The molecule has 0 unspecified atom stereocenters. The van der Waals surface area contributed by atoms with Crippen LogP contribution in [-0.4, -0.2) is 74.2 Å². The van der Waals surface area contributed by atoms with Crippen molar-refractivity contribution in [1.29, 1.82) is 0 Å². The van der Waals surface area contributed by atoms with Crippen LogP contribution in [0.4, 0.5) is 0 Å². The Balaban J connectivity index is 1.83. The molecule has 8 nitrogen and oxygen atoms in total. The van der Waals surface area contributed by atoms with Gasteiger partial charge in [0.2, 0.25) is 10.0 Å². The largest absolute Gasteiger partial charge is 0.394 e. The lowest BCUT2D eigenvalue weighted by molar-refractivity contribution is 0.0390. The van der Waals surface area contributed by atoms with Crippen LogP contribution in [0, 0.1) is 0 Å². The Bertz CT molecular complexity index is 510. The van der Waals surface area contributed by atoms with Gasteiger partial charge in [0.25, 0.3) is 0 Å². The molecule has 0 amide bonds. The molecule has 1 aliphatic rings. The Kier molecular flexibility index (Phi) is 5.49. The van der Waals surface area contributed by atoms with Crippen LogP contribution in [0.3, 0.4) is 0 Å². The third-order valence-electron chi connectivity index (χ3n) is 3.07. The maximum Gasteiger partial charge on any atom is 0.243 e. The van der Waals surface area contributed by atoms with Gasteiger partial charge in [-0.05, 0) is 0 Å². The van der Waals surface area contributed by atoms with Crippen molar-refractivity contribution in [3.63, 3.8) is 0 Å². The van der Waals surface area contributed by atoms with Gasteiger partial charge in [-0.3, -0.25) is 9.58 Å². The van der Waals surface area contributed by atoms with Gasteiger partial charge in [-0.1, -0.05) is 0 Å². The minimum Gasteiger partial charge on any atom is -0.394 e. The van der Waals surface area contributed by atoms with Gasteiger partial charge in [0, 0.05) is 32.4 Å². The first-order chi connectivity index (χ1) is 9.62. The normalized spacial score (nSPS) is 17.4. The lowest BCUT2D eigenvalue weighted by Crippen LogP contribution is -2.41. The van der Waals surface area contributed by atoms with Crippen LogP contribution < -0.4 is 4.72 Å². The van der Waals surface area contributed by atoms with Crippen molar-refractivity contribution < 1.29 is 18.3 Å². The molecule has 1 saturated heterocycles. The van der Waals surface area contributed by atoms with Crippen molar-refractivity contribution in [2.45, 2.75) is 11.4 Å². The van der Waals surface area contributed by atoms with Crippen LogP contribution in [0.25, 0.3) is 0 Å². The summed E-state index contributed by atoms with van der Waals surface area (Å²) >= 11 is 0. The molecule has 114 valence electrons. The third kappa shape index (κ3) is 4.25. The second-order valence-electron chi connectivity index (χ2n) is 4.51. The lowest BCUT2D eigenvalue weighted by atomic mass is 10.4. The number of ether oxygens (including phenoxy) is 1. The van der Waals surface area contributed by atoms with Gasteiger partial charge in [0.1, 0.15) is 4.90 Å². The summed E-state index contributed by atoms with van der Waals surface area (Å²) in [5.41, 5.74) is 0. The first kappa shape index (κ1) is 15.4. The molecule has 1 fully saturated rings. The van der Waals surface area contributed by atoms with Gasteiger partial charge in [-0.25, -0.2) is 13.1 Å². The molecule has 0 aromatic carbocycles. The summed E-state index contributed by atoms with van der Waals surface area (Å²) in [6, 6.07) is 0. The lowest BCUT2D eigenvalue weighted by Gasteiger charge is -2.26. The Morgan fingerprint density at radius 2 is 2.10 bits per heavy atom. The molecule has 0 radical (unpaired) electrons. The molecule has 9 heteroatoms. The standard InChI is InChI=1S/C11H20N4O4S/c16-6-3-15-10-11(9-12-15)20(17,18)13-1-2-14-4-7-19-8-5-14/h9-10,13,16H,1-8H2. The number of hydrogen-bond acceptors (Lipinski definition) is 6. The average molecular weight is 304 g/mol. The van der Waals surface area contributed by atoms with Crippen molar-refractivity contribution >= 4 is 10.0 Å². The summed E-state index contributed by atoms with van der Waals surface area (Å²) in [6.07, 6.45) is 2.69. The summed E-state index contributed by atoms with van der Waals surface area (Å²) in [5, 5.41) is 12.7. The van der Waals surface area contributed by atoms with E-state index in [4.69, 9.17) is 9.84 Å². The van der Waals surface area contributed by atoms with E-state index in [-0.39, 0.29) is 18.0 Å². The quantitative estimate of drug-likeness (QED) is 0.635. The van der Waals surface area contributed by atoms with Gasteiger partial charge in [0.15, 0.2) is 0 Å². The number of sulfonamides is 1. The second kappa shape index (κ2) is 7.14. The Hall–Kier alpha value is -1.00. The SMILES string of the molecule is O=S(=O)(NCCN1CCOCC1)c1cnn(CCO)c1. The molecule has 1 aromatic rings. The number of hydrogen-bond donors (Lipinski definition) is 2. The second-order valence-corrected chi connectivity index (χ2v) is 6.28. The third-order valence-corrected chi connectivity index (χ3v) is 4.49. The molecule has 0 spiro atoms. The van der Waals surface area contributed by atoms with E-state index in [0.717, 1.165) is 13.1 Å². The van der Waals surface area contributed by atoms with Gasteiger partial charge in [-0.15, -0.1) is 0 Å². The highest BCUT2D eigenvalue weighted by molar-refractivity contribution is 7.89. The molecule has 0 bridgehead atoms. The van der Waals surface area contributed by atoms with E-state index in [1.165, 1.54) is 17.1 Å². The van der Waals surface area contributed by atoms with E-state index >= 15 is 0 Å². The zero-order valence-corrected chi connectivity index (χ0v) is 12.0. The fourth-order valence-corrected chi connectivity index (χ4v) is 2.93. The van der Waals surface area contributed by atoms with Crippen LogP contribution in [0.1, 0.15) is 0 Å². The minimum atomic E-state index is -3.53. The topological polar surface area (TPSA) is 96.7 Å². The highest BCUT2D eigenvalue weighted by atomic mass is 32.2. The van der Waals surface area contributed by atoms with E-state index in [9.17, 15) is 8.42 Å². The first-order valence-corrected chi connectivity index (χ1v) is 8.03. The van der Waals surface area contributed by atoms with Crippen LogP contribution in [0.15, 0.2) is 17.3 Å². The van der Waals surface area contributed by atoms with Crippen molar-refractivity contribution in [2.24, 2.45) is 0 Å². The molecule has 1 aromatic heterocycles. The van der Waals surface area contributed by atoms with E-state index in [1.807, 2.05) is 0 Å². The van der Waals surface area contributed by atoms with Gasteiger partial charge in [-0.2, -0.15) is 5.10 Å². The maximum absolute atomic E-state index is 12.0. The zero-order chi connectivity index (χ0) is 14.4. The van der Waals surface area contributed by atoms with E-state index in [2.05, 4.69) is 14.7 Å². The maximum atomic E-state index is 12.0. The Labute approximate surface area is 118 Å². The van der Waals surface area contributed by atoms with E-state index < -0.39 is 10.0 Å². The molecule has 2 heterocycles. The predicted molar refractivity (Wildman–Crippen MR) is 71.8 cm³/mol. The molecule has 2 N–H and O–H groups in total. The highest BCUT2D eigenvalue weighted by Gasteiger charge is 2.17. The fourth-order valence-electron chi connectivity index (χ4n) is 1.95. The average Bonchev–Trinajstić information content (AvgIpc) is 2.90. The summed E-state index contributed by atoms with van der Waals surface area (Å²) in [5.74, 6) is 0. The Morgan fingerprint density at radius 3 is 2.80 bits per heavy atom. The van der Waals surface area contributed by atoms with Crippen LogP contribution in [-0.2, 0) is 21.3 Å². The number of aromatic nitrogens is 2. The van der Waals surface area contributed by atoms with Gasteiger partial charge >= 0.3 is 0 Å². The van der Waals surface area contributed by atoms with Crippen molar-refractivity contribution in [1.82, 2.24) is 19.4 Å². The monoisotopic (exact) mass is 304 g/mol. The predicted octanol–water partition coefficient (Wildman–Crippen LogP) is -1.51. The number of aliphatic hydroxyl groups is 1. The number of nitrogens with zero attached hydrogens (tertiary/aromatic N) is 3.